The molecule has 0 amide bonds. The summed E-state index contributed by atoms with van der Waals surface area (Å²) in [6, 6.07) is 8.87. The Morgan fingerprint density at radius 2 is 1.83 bits per heavy atom. The highest BCUT2D eigenvalue weighted by Gasteiger charge is 2.33. The molecule has 0 aliphatic rings. The fourth-order valence-electron chi connectivity index (χ4n) is 1.54. The van der Waals surface area contributed by atoms with Crippen molar-refractivity contribution in [3.63, 3.8) is 0 Å². The van der Waals surface area contributed by atoms with Gasteiger partial charge in [-0.15, -0.1) is 0 Å². The lowest BCUT2D eigenvalue weighted by molar-refractivity contribution is 0.284. The minimum Gasteiger partial charge on any atom is -0.212 e. The quantitative estimate of drug-likeness (QED) is 0.854. The minimum absolute atomic E-state index is 0.149. The average Bonchev–Trinajstić information content (AvgIpc) is 2.26. The van der Waals surface area contributed by atoms with Crippen LogP contribution in [0.1, 0.15) is 19.4 Å². The van der Waals surface area contributed by atoms with E-state index in [0.29, 0.717) is 5.02 Å². The predicted octanol–water partition coefficient (Wildman–Crippen LogP) is 2.40. The highest BCUT2D eigenvalue weighted by molar-refractivity contribution is 7.88. The van der Waals surface area contributed by atoms with Crippen molar-refractivity contribution in [2.45, 2.75) is 25.9 Å². The van der Waals surface area contributed by atoms with E-state index in [0.717, 1.165) is 11.8 Å². The summed E-state index contributed by atoms with van der Waals surface area (Å²) in [5.41, 5.74) is -0.305. The highest BCUT2D eigenvalue weighted by Crippen LogP contribution is 2.21. The Bertz CT molecular complexity index is 559. The number of hydrogen-bond acceptors (Lipinski definition) is 3. The Balaban J connectivity index is 3.09. The molecule has 98 valence electrons. The summed E-state index contributed by atoms with van der Waals surface area (Å²) in [7, 11) is -3.47. The van der Waals surface area contributed by atoms with Crippen molar-refractivity contribution in [3.05, 3.63) is 34.9 Å². The molecule has 0 unspecified atom stereocenters. The van der Waals surface area contributed by atoms with Crippen molar-refractivity contribution in [2.24, 2.45) is 0 Å². The third kappa shape index (κ3) is 3.70. The molecule has 0 aliphatic carbocycles. The Kier molecular flexibility index (Phi) is 4.38. The first-order valence-electron chi connectivity index (χ1n) is 5.30. The Hall–Kier alpha value is -1.09. The van der Waals surface area contributed by atoms with Crippen molar-refractivity contribution in [3.8, 4) is 6.07 Å². The predicted molar refractivity (Wildman–Crippen MR) is 71.5 cm³/mol. The van der Waals surface area contributed by atoms with E-state index in [-0.39, 0.29) is 6.54 Å². The van der Waals surface area contributed by atoms with Crippen LogP contribution in [-0.2, 0) is 16.6 Å². The summed E-state index contributed by atoms with van der Waals surface area (Å²) in [5, 5.41) is 9.66. The van der Waals surface area contributed by atoms with Crippen LogP contribution in [0.25, 0.3) is 0 Å². The van der Waals surface area contributed by atoms with Crippen molar-refractivity contribution in [1.29, 1.82) is 5.26 Å². The van der Waals surface area contributed by atoms with Gasteiger partial charge in [-0.05, 0) is 31.5 Å². The number of benzene rings is 1. The molecule has 6 heteroatoms. The molecule has 0 aromatic heterocycles. The van der Waals surface area contributed by atoms with Gasteiger partial charge in [-0.3, -0.25) is 0 Å². The topological polar surface area (TPSA) is 61.2 Å². The van der Waals surface area contributed by atoms with Crippen molar-refractivity contribution in [2.75, 3.05) is 6.26 Å². The number of halogens is 1. The average molecular weight is 287 g/mol. The molecule has 0 saturated carbocycles. The minimum atomic E-state index is -3.47. The maximum Gasteiger partial charge on any atom is 0.212 e. The van der Waals surface area contributed by atoms with Gasteiger partial charge < -0.3 is 0 Å². The number of nitrogens with zero attached hydrogens (tertiary/aromatic N) is 2. The van der Waals surface area contributed by atoms with Gasteiger partial charge >= 0.3 is 0 Å². The van der Waals surface area contributed by atoms with Crippen LogP contribution in [-0.4, -0.2) is 24.5 Å². The number of sulfonamides is 1. The fraction of sp³-hybridized carbons (Fsp3) is 0.417. The summed E-state index contributed by atoms with van der Waals surface area (Å²) in [6.45, 7) is 3.30. The van der Waals surface area contributed by atoms with Gasteiger partial charge in [-0.2, -0.15) is 9.57 Å². The molecule has 1 rings (SSSR count). The second-order valence-corrected chi connectivity index (χ2v) is 6.91. The molecule has 0 atom stereocenters. The largest absolute Gasteiger partial charge is 0.212 e. The molecule has 0 radical (unpaired) electrons. The molecule has 1 aromatic carbocycles. The molecular formula is C12H15ClN2O2S. The SMILES string of the molecule is CC(C)(C#N)N(Cc1ccc(Cl)cc1)S(C)(=O)=O. The van der Waals surface area contributed by atoms with Gasteiger partial charge in [0.25, 0.3) is 0 Å². The normalized spacial score (nSPS) is 12.4. The van der Waals surface area contributed by atoms with Crippen molar-refractivity contribution in [1.82, 2.24) is 4.31 Å². The van der Waals surface area contributed by atoms with Crippen LogP contribution in [0.2, 0.25) is 5.02 Å². The summed E-state index contributed by atoms with van der Waals surface area (Å²) < 4.78 is 24.7. The molecule has 0 N–H and O–H groups in total. The fourth-order valence-corrected chi connectivity index (χ4v) is 2.92. The molecule has 4 nitrogen and oxygen atoms in total. The van der Waals surface area contributed by atoms with Crippen molar-refractivity contribution < 1.29 is 8.42 Å². The molecular weight excluding hydrogens is 272 g/mol. The lowest BCUT2D eigenvalue weighted by Gasteiger charge is -2.30. The molecule has 0 heterocycles. The maximum absolute atomic E-state index is 11.8. The van der Waals surface area contributed by atoms with Crippen LogP contribution in [0.5, 0.6) is 0 Å². The lowest BCUT2D eigenvalue weighted by Crippen LogP contribution is -2.45. The van der Waals surface area contributed by atoms with Crippen LogP contribution in [0.15, 0.2) is 24.3 Å². The molecule has 0 saturated heterocycles. The van der Waals surface area contributed by atoms with E-state index in [1.165, 1.54) is 4.31 Å². The van der Waals surface area contributed by atoms with Gasteiger partial charge in [-0.1, -0.05) is 23.7 Å². The molecule has 1 aromatic rings. The van der Waals surface area contributed by atoms with Gasteiger partial charge in [0, 0.05) is 11.6 Å². The van der Waals surface area contributed by atoms with Crippen LogP contribution in [0.4, 0.5) is 0 Å². The smallest absolute Gasteiger partial charge is 0.212 e. The zero-order chi connectivity index (χ0) is 14.0. The zero-order valence-corrected chi connectivity index (χ0v) is 12.1. The van der Waals surface area contributed by atoms with Crippen LogP contribution in [0, 0.1) is 11.3 Å². The second-order valence-electron chi connectivity index (χ2n) is 4.57. The van der Waals surface area contributed by atoms with Crippen LogP contribution >= 0.6 is 11.6 Å². The molecule has 0 aliphatic heterocycles. The Labute approximate surface area is 113 Å². The van der Waals surface area contributed by atoms with Crippen LogP contribution in [0.3, 0.4) is 0 Å². The van der Waals surface area contributed by atoms with Gasteiger partial charge in [0.15, 0.2) is 0 Å². The van der Waals surface area contributed by atoms with E-state index in [2.05, 4.69) is 0 Å². The Morgan fingerprint density at radius 1 is 1.33 bits per heavy atom. The first-order valence-corrected chi connectivity index (χ1v) is 7.53. The number of hydrogen-bond donors (Lipinski definition) is 0. The summed E-state index contributed by atoms with van der Waals surface area (Å²) in [6.07, 6.45) is 1.10. The monoisotopic (exact) mass is 286 g/mol. The van der Waals surface area contributed by atoms with Gasteiger partial charge in [-0.25, -0.2) is 8.42 Å². The van der Waals surface area contributed by atoms with Gasteiger partial charge in [0.2, 0.25) is 10.0 Å². The summed E-state index contributed by atoms with van der Waals surface area (Å²) >= 11 is 5.77. The number of rotatable bonds is 4. The zero-order valence-electron chi connectivity index (χ0n) is 10.5. The number of nitriles is 1. The maximum atomic E-state index is 11.8. The van der Waals surface area contributed by atoms with Crippen molar-refractivity contribution >= 4 is 21.6 Å². The summed E-state index contributed by atoms with van der Waals surface area (Å²) in [4.78, 5) is 0. The first kappa shape index (κ1) is 15.0. The molecule has 0 spiro atoms. The van der Waals surface area contributed by atoms with Crippen LogP contribution < -0.4 is 0 Å². The summed E-state index contributed by atoms with van der Waals surface area (Å²) in [5.74, 6) is 0. The van der Waals surface area contributed by atoms with E-state index >= 15 is 0 Å². The first-order chi connectivity index (χ1) is 8.16. The van der Waals surface area contributed by atoms with E-state index < -0.39 is 15.6 Å². The second kappa shape index (κ2) is 5.27. The highest BCUT2D eigenvalue weighted by atomic mass is 35.5. The van der Waals surface area contributed by atoms with Gasteiger partial charge in [0.05, 0.1) is 12.3 Å². The van der Waals surface area contributed by atoms with E-state index in [9.17, 15) is 8.42 Å². The third-order valence-corrected chi connectivity index (χ3v) is 4.18. The standard InChI is InChI=1S/C12H15ClN2O2S/c1-12(2,9-14)15(18(3,16)17)8-10-4-6-11(13)7-5-10/h4-7H,8H2,1-3H3. The van der Waals surface area contributed by atoms with E-state index in [1.807, 2.05) is 6.07 Å². The Morgan fingerprint density at radius 3 is 2.22 bits per heavy atom. The van der Waals surface area contributed by atoms with Gasteiger partial charge in [0.1, 0.15) is 5.54 Å². The molecule has 0 bridgehead atoms. The lowest BCUT2D eigenvalue weighted by atomic mass is 10.1. The molecule has 18 heavy (non-hydrogen) atoms. The molecule has 0 fully saturated rings. The third-order valence-electron chi connectivity index (χ3n) is 2.54. The van der Waals surface area contributed by atoms with E-state index in [1.54, 1.807) is 38.1 Å². The van der Waals surface area contributed by atoms with E-state index in [4.69, 9.17) is 16.9 Å².